The van der Waals surface area contributed by atoms with E-state index in [4.69, 9.17) is 26.8 Å². The molecule has 0 aromatic carbocycles. The molecule has 2 rings (SSSR count). The van der Waals surface area contributed by atoms with Crippen molar-refractivity contribution in [1.29, 1.82) is 0 Å². The van der Waals surface area contributed by atoms with E-state index < -0.39 is 5.41 Å². The molecule has 21 heavy (non-hydrogen) atoms. The standard InChI is InChI=1S/C14H20ClN3O3/c15-11-1-2-12(18-9-11)21-8-5-17-13(19)14(10-16)3-6-20-7-4-14/h1-2,9H,3-8,10,16H2,(H,17,19). The minimum Gasteiger partial charge on any atom is -0.476 e. The zero-order valence-corrected chi connectivity index (χ0v) is 12.6. The van der Waals surface area contributed by atoms with Crippen LogP contribution in [0.1, 0.15) is 12.8 Å². The predicted octanol–water partition coefficient (Wildman–Crippen LogP) is 0.985. The first-order valence-corrected chi connectivity index (χ1v) is 7.34. The average Bonchev–Trinajstić information content (AvgIpc) is 2.53. The van der Waals surface area contributed by atoms with Crippen LogP contribution in [0.2, 0.25) is 5.02 Å². The summed E-state index contributed by atoms with van der Waals surface area (Å²) in [6, 6.07) is 3.39. The van der Waals surface area contributed by atoms with E-state index in [2.05, 4.69) is 10.3 Å². The predicted molar refractivity (Wildman–Crippen MR) is 79.3 cm³/mol. The van der Waals surface area contributed by atoms with Gasteiger partial charge in [0.1, 0.15) is 6.61 Å². The summed E-state index contributed by atoms with van der Waals surface area (Å²) in [5, 5.41) is 3.43. The van der Waals surface area contributed by atoms with Crippen LogP contribution < -0.4 is 15.8 Å². The first-order valence-electron chi connectivity index (χ1n) is 6.97. The summed E-state index contributed by atoms with van der Waals surface area (Å²) >= 11 is 5.73. The summed E-state index contributed by atoms with van der Waals surface area (Å²) in [6.07, 6.45) is 2.84. The van der Waals surface area contributed by atoms with E-state index >= 15 is 0 Å². The molecule has 6 nitrogen and oxygen atoms in total. The molecule has 1 fully saturated rings. The summed E-state index contributed by atoms with van der Waals surface area (Å²) in [6.45, 7) is 2.25. The summed E-state index contributed by atoms with van der Waals surface area (Å²) < 4.78 is 10.7. The van der Waals surface area contributed by atoms with Gasteiger partial charge < -0.3 is 20.5 Å². The number of hydrogen-bond acceptors (Lipinski definition) is 5. The molecule has 1 aromatic rings. The minimum absolute atomic E-state index is 0.0269. The Hall–Kier alpha value is -1.37. The highest BCUT2D eigenvalue weighted by molar-refractivity contribution is 6.30. The SMILES string of the molecule is NCC1(C(=O)NCCOc2ccc(Cl)cn2)CCOCC1. The number of nitrogens with one attached hydrogen (secondary N) is 1. The smallest absolute Gasteiger partial charge is 0.227 e. The zero-order chi connectivity index (χ0) is 15.1. The molecular weight excluding hydrogens is 294 g/mol. The third-order valence-corrected chi connectivity index (χ3v) is 3.88. The van der Waals surface area contributed by atoms with E-state index in [1.165, 1.54) is 6.20 Å². The fraction of sp³-hybridized carbons (Fsp3) is 0.571. The molecule has 0 unspecified atom stereocenters. The van der Waals surface area contributed by atoms with Crippen LogP contribution in [0.25, 0.3) is 0 Å². The maximum absolute atomic E-state index is 12.3. The molecule has 1 aromatic heterocycles. The van der Waals surface area contributed by atoms with Crippen LogP contribution in [-0.4, -0.2) is 43.8 Å². The lowest BCUT2D eigenvalue weighted by Gasteiger charge is -2.34. The molecular formula is C14H20ClN3O3. The number of ether oxygens (including phenoxy) is 2. The Morgan fingerprint density at radius 2 is 2.24 bits per heavy atom. The van der Waals surface area contributed by atoms with Gasteiger partial charge in [0.25, 0.3) is 0 Å². The van der Waals surface area contributed by atoms with Crippen LogP contribution in [0, 0.1) is 5.41 Å². The van der Waals surface area contributed by atoms with Crippen molar-refractivity contribution in [2.24, 2.45) is 11.1 Å². The Morgan fingerprint density at radius 1 is 1.48 bits per heavy atom. The summed E-state index contributed by atoms with van der Waals surface area (Å²) in [5.41, 5.74) is 5.28. The second-order valence-corrected chi connectivity index (χ2v) is 5.45. The fourth-order valence-electron chi connectivity index (χ4n) is 2.24. The number of halogens is 1. The van der Waals surface area contributed by atoms with Gasteiger partial charge in [-0.1, -0.05) is 11.6 Å². The van der Waals surface area contributed by atoms with Crippen LogP contribution in [0.3, 0.4) is 0 Å². The van der Waals surface area contributed by atoms with E-state index in [1.807, 2.05) is 0 Å². The molecule has 1 aliphatic rings. The van der Waals surface area contributed by atoms with E-state index in [0.29, 0.717) is 56.7 Å². The Bertz CT molecular complexity index is 461. The molecule has 0 radical (unpaired) electrons. The normalized spacial score (nSPS) is 17.2. The number of amides is 1. The van der Waals surface area contributed by atoms with Gasteiger partial charge in [0.05, 0.1) is 17.0 Å². The van der Waals surface area contributed by atoms with Crippen molar-refractivity contribution in [3.63, 3.8) is 0 Å². The van der Waals surface area contributed by atoms with E-state index in [0.717, 1.165) is 0 Å². The molecule has 0 atom stereocenters. The maximum Gasteiger partial charge on any atom is 0.227 e. The van der Waals surface area contributed by atoms with Gasteiger partial charge in [-0.05, 0) is 18.9 Å². The Balaban J connectivity index is 1.74. The molecule has 0 saturated carbocycles. The number of carbonyl (C=O) groups is 1. The number of rotatable bonds is 6. The maximum atomic E-state index is 12.3. The summed E-state index contributed by atoms with van der Waals surface area (Å²) in [7, 11) is 0. The summed E-state index contributed by atoms with van der Waals surface area (Å²) in [4.78, 5) is 16.3. The van der Waals surface area contributed by atoms with Gasteiger partial charge in [-0.2, -0.15) is 0 Å². The molecule has 0 aliphatic carbocycles. The Labute approximate surface area is 129 Å². The molecule has 0 spiro atoms. The van der Waals surface area contributed by atoms with Gasteiger partial charge in [0.2, 0.25) is 11.8 Å². The number of carbonyl (C=O) groups excluding carboxylic acids is 1. The highest BCUT2D eigenvalue weighted by atomic mass is 35.5. The molecule has 2 heterocycles. The summed E-state index contributed by atoms with van der Waals surface area (Å²) in [5.74, 6) is 0.453. The van der Waals surface area contributed by atoms with Crippen molar-refractivity contribution in [3.8, 4) is 5.88 Å². The number of pyridine rings is 1. The third-order valence-electron chi connectivity index (χ3n) is 3.66. The second kappa shape index (κ2) is 7.59. The first kappa shape index (κ1) is 16.0. The number of nitrogens with zero attached hydrogens (tertiary/aromatic N) is 1. The van der Waals surface area contributed by atoms with Gasteiger partial charge in [0, 0.05) is 32.0 Å². The molecule has 116 valence electrons. The fourth-order valence-corrected chi connectivity index (χ4v) is 2.35. The third kappa shape index (κ3) is 4.30. The number of hydrogen-bond donors (Lipinski definition) is 2. The van der Waals surface area contributed by atoms with Crippen molar-refractivity contribution < 1.29 is 14.3 Å². The monoisotopic (exact) mass is 313 g/mol. The Morgan fingerprint density at radius 3 is 2.86 bits per heavy atom. The molecule has 1 amide bonds. The average molecular weight is 314 g/mol. The van der Waals surface area contributed by atoms with Gasteiger partial charge >= 0.3 is 0 Å². The lowest BCUT2D eigenvalue weighted by molar-refractivity contribution is -0.136. The molecule has 1 aliphatic heterocycles. The molecule has 7 heteroatoms. The van der Waals surface area contributed by atoms with Crippen LogP contribution in [0.4, 0.5) is 0 Å². The van der Waals surface area contributed by atoms with Crippen LogP contribution in [0.5, 0.6) is 5.88 Å². The highest BCUT2D eigenvalue weighted by Gasteiger charge is 2.38. The largest absolute Gasteiger partial charge is 0.476 e. The van der Waals surface area contributed by atoms with Crippen molar-refractivity contribution in [2.45, 2.75) is 12.8 Å². The van der Waals surface area contributed by atoms with Crippen LogP contribution >= 0.6 is 11.6 Å². The van der Waals surface area contributed by atoms with Gasteiger partial charge in [-0.15, -0.1) is 0 Å². The van der Waals surface area contributed by atoms with E-state index in [9.17, 15) is 4.79 Å². The topological polar surface area (TPSA) is 86.5 Å². The lowest BCUT2D eigenvalue weighted by Crippen LogP contribution is -2.49. The van der Waals surface area contributed by atoms with Gasteiger partial charge in [-0.3, -0.25) is 4.79 Å². The van der Waals surface area contributed by atoms with Crippen LogP contribution in [0.15, 0.2) is 18.3 Å². The number of aromatic nitrogens is 1. The minimum atomic E-state index is -0.503. The van der Waals surface area contributed by atoms with Crippen molar-refractivity contribution in [2.75, 3.05) is 32.9 Å². The van der Waals surface area contributed by atoms with Gasteiger partial charge in [0.15, 0.2) is 0 Å². The second-order valence-electron chi connectivity index (χ2n) is 5.02. The van der Waals surface area contributed by atoms with E-state index in [1.54, 1.807) is 12.1 Å². The van der Waals surface area contributed by atoms with E-state index in [-0.39, 0.29) is 5.91 Å². The number of nitrogens with two attached hydrogens (primary N) is 1. The lowest BCUT2D eigenvalue weighted by atomic mass is 9.79. The first-order chi connectivity index (χ1) is 10.2. The van der Waals surface area contributed by atoms with Crippen molar-refractivity contribution in [3.05, 3.63) is 23.4 Å². The van der Waals surface area contributed by atoms with Crippen molar-refractivity contribution in [1.82, 2.24) is 10.3 Å². The zero-order valence-electron chi connectivity index (χ0n) is 11.8. The van der Waals surface area contributed by atoms with Gasteiger partial charge in [-0.25, -0.2) is 4.98 Å². The quantitative estimate of drug-likeness (QED) is 0.765. The van der Waals surface area contributed by atoms with Crippen LogP contribution in [-0.2, 0) is 9.53 Å². The highest BCUT2D eigenvalue weighted by Crippen LogP contribution is 2.29. The molecule has 1 saturated heterocycles. The molecule has 0 bridgehead atoms. The Kier molecular flexibility index (Phi) is 5.78. The van der Waals surface area contributed by atoms with Crippen molar-refractivity contribution >= 4 is 17.5 Å². The molecule has 3 N–H and O–H groups in total.